The fraction of sp³-hybridized carbons (Fsp3) is 0.429. The van der Waals surface area contributed by atoms with Crippen LogP contribution >= 0.6 is 11.3 Å². The lowest BCUT2D eigenvalue weighted by Gasteiger charge is -2.08. The number of aromatic nitrogens is 2. The first-order valence-electron chi connectivity index (χ1n) is 10.2. The van der Waals surface area contributed by atoms with E-state index in [1.54, 1.807) is 31.2 Å². The number of ether oxygens (including phenoxy) is 2. The second kappa shape index (κ2) is 13.2. The number of amides is 2. The molecule has 11 heteroatoms. The van der Waals surface area contributed by atoms with Crippen molar-refractivity contribution in [1.82, 2.24) is 10.2 Å². The number of hydrogen-bond donors (Lipinski definition) is 2. The van der Waals surface area contributed by atoms with Crippen molar-refractivity contribution >= 4 is 45.9 Å². The number of esters is 2. The van der Waals surface area contributed by atoms with E-state index in [1.165, 1.54) is 11.3 Å². The molecule has 0 aliphatic carbocycles. The summed E-state index contributed by atoms with van der Waals surface area (Å²) in [6.45, 7) is 3.70. The van der Waals surface area contributed by atoms with Gasteiger partial charge in [-0.3, -0.25) is 14.4 Å². The standard InChI is InChI=1S/C21H26N4O6S/c1-3-4-12-30-20(29)15-8-10-16(11-9-15)22-18(27)13-31-19(28)7-5-6-17(26)23-21-25-24-14(2)32-21/h8-11H,3-7,12-13H2,1-2H3,(H,22,27)(H,23,25,26). The van der Waals surface area contributed by atoms with Gasteiger partial charge in [0, 0.05) is 18.5 Å². The molecule has 0 atom stereocenters. The maximum atomic E-state index is 11.9. The predicted molar refractivity (Wildman–Crippen MR) is 118 cm³/mol. The number of aryl methyl sites for hydroxylation is 1. The second-order valence-corrected chi connectivity index (χ2v) is 7.99. The van der Waals surface area contributed by atoms with Gasteiger partial charge in [0.25, 0.3) is 5.91 Å². The summed E-state index contributed by atoms with van der Waals surface area (Å²) in [6.07, 6.45) is 2.14. The van der Waals surface area contributed by atoms with Crippen LogP contribution in [0.1, 0.15) is 54.4 Å². The van der Waals surface area contributed by atoms with Crippen molar-refractivity contribution in [3.8, 4) is 0 Å². The van der Waals surface area contributed by atoms with Gasteiger partial charge in [0.2, 0.25) is 11.0 Å². The predicted octanol–water partition coefficient (Wildman–Crippen LogP) is 3.09. The number of hydrogen-bond acceptors (Lipinski definition) is 9. The van der Waals surface area contributed by atoms with E-state index in [9.17, 15) is 19.2 Å². The van der Waals surface area contributed by atoms with Crippen LogP contribution in [0.25, 0.3) is 0 Å². The van der Waals surface area contributed by atoms with Crippen LogP contribution in [-0.2, 0) is 23.9 Å². The molecule has 0 bridgehead atoms. The molecule has 0 aliphatic rings. The molecule has 1 aromatic heterocycles. The number of carbonyl (C=O) groups excluding carboxylic acids is 4. The number of anilines is 2. The first kappa shape index (κ1) is 24.9. The van der Waals surface area contributed by atoms with Crippen LogP contribution in [-0.4, -0.2) is 47.2 Å². The first-order valence-corrected chi connectivity index (χ1v) is 11.0. The van der Waals surface area contributed by atoms with Crippen LogP contribution in [0.2, 0.25) is 0 Å². The lowest BCUT2D eigenvalue weighted by atomic mass is 10.2. The zero-order valence-corrected chi connectivity index (χ0v) is 18.8. The van der Waals surface area contributed by atoms with Crippen LogP contribution in [0.5, 0.6) is 0 Å². The van der Waals surface area contributed by atoms with Crippen LogP contribution in [0.15, 0.2) is 24.3 Å². The number of benzene rings is 1. The molecule has 2 rings (SSSR count). The molecule has 2 N–H and O–H groups in total. The Morgan fingerprint density at radius 2 is 1.69 bits per heavy atom. The summed E-state index contributed by atoms with van der Waals surface area (Å²) in [7, 11) is 0. The fourth-order valence-corrected chi connectivity index (χ4v) is 3.03. The summed E-state index contributed by atoms with van der Waals surface area (Å²) < 4.78 is 10.0. The summed E-state index contributed by atoms with van der Waals surface area (Å²) in [5.41, 5.74) is 0.843. The highest BCUT2D eigenvalue weighted by molar-refractivity contribution is 7.15. The van der Waals surface area contributed by atoms with Gasteiger partial charge in [-0.15, -0.1) is 10.2 Å². The van der Waals surface area contributed by atoms with E-state index in [0.717, 1.165) is 17.8 Å². The molecular formula is C21H26N4O6S. The SMILES string of the molecule is CCCCOC(=O)c1ccc(NC(=O)COC(=O)CCCC(=O)Nc2nnc(C)s2)cc1. The minimum atomic E-state index is -0.579. The number of unbranched alkanes of at least 4 members (excludes halogenated alkanes) is 1. The zero-order chi connectivity index (χ0) is 23.3. The Morgan fingerprint density at radius 3 is 2.34 bits per heavy atom. The molecule has 0 fully saturated rings. The van der Waals surface area contributed by atoms with Crippen molar-refractivity contribution < 1.29 is 28.7 Å². The van der Waals surface area contributed by atoms with Crippen molar-refractivity contribution in [3.05, 3.63) is 34.8 Å². The van der Waals surface area contributed by atoms with E-state index in [0.29, 0.717) is 23.0 Å². The Hall–Kier alpha value is -3.34. The average molecular weight is 463 g/mol. The molecule has 10 nitrogen and oxygen atoms in total. The summed E-state index contributed by atoms with van der Waals surface area (Å²) in [5.74, 6) is -1.78. The molecule has 0 unspecified atom stereocenters. The molecule has 1 heterocycles. The van der Waals surface area contributed by atoms with Gasteiger partial charge in [-0.25, -0.2) is 4.79 Å². The Labute approximate surface area is 189 Å². The summed E-state index contributed by atoms with van der Waals surface area (Å²) in [5, 5.41) is 13.9. The van der Waals surface area contributed by atoms with Gasteiger partial charge in [-0.1, -0.05) is 24.7 Å². The minimum Gasteiger partial charge on any atom is -0.462 e. The van der Waals surface area contributed by atoms with Crippen molar-refractivity contribution in [2.45, 2.75) is 46.0 Å². The van der Waals surface area contributed by atoms with Crippen LogP contribution < -0.4 is 10.6 Å². The molecule has 32 heavy (non-hydrogen) atoms. The molecule has 0 spiro atoms. The van der Waals surface area contributed by atoms with Crippen molar-refractivity contribution in [1.29, 1.82) is 0 Å². The maximum absolute atomic E-state index is 11.9. The second-order valence-electron chi connectivity index (χ2n) is 6.80. The number of carbonyl (C=O) groups is 4. The van der Waals surface area contributed by atoms with Crippen LogP contribution in [0.4, 0.5) is 10.8 Å². The summed E-state index contributed by atoms with van der Waals surface area (Å²) in [6, 6.07) is 6.22. The monoisotopic (exact) mass is 462 g/mol. The van der Waals surface area contributed by atoms with E-state index in [1.807, 2.05) is 6.92 Å². The largest absolute Gasteiger partial charge is 0.462 e. The molecule has 0 radical (unpaired) electrons. The first-order chi connectivity index (χ1) is 15.4. The highest BCUT2D eigenvalue weighted by atomic mass is 32.1. The molecule has 1 aromatic carbocycles. The Bertz CT molecular complexity index is 929. The van der Waals surface area contributed by atoms with Gasteiger partial charge in [0.1, 0.15) is 5.01 Å². The molecule has 0 saturated heterocycles. The van der Waals surface area contributed by atoms with E-state index < -0.39 is 24.5 Å². The Kier molecular flexibility index (Phi) is 10.2. The van der Waals surface area contributed by atoms with E-state index in [2.05, 4.69) is 20.8 Å². The topological polar surface area (TPSA) is 137 Å². The normalized spacial score (nSPS) is 10.3. The highest BCUT2D eigenvalue weighted by Crippen LogP contribution is 2.14. The van der Waals surface area contributed by atoms with Crippen LogP contribution in [0.3, 0.4) is 0 Å². The molecular weight excluding hydrogens is 436 g/mol. The lowest BCUT2D eigenvalue weighted by molar-refractivity contribution is -0.147. The average Bonchev–Trinajstić information content (AvgIpc) is 3.17. The molecule has 172 valence electrons. The van der Waals surface area contributed by atoms with E-state index >= 15 is 0 Å². The quantitative estimate of drug-likeness (QED) is 0.363. The molecule has 0 aliphatic heterocycles. The highest BCUT2D eigenvalue weighted by Gasteiger charge is 2.12. The molecule has 2 amide bonds. The van der Waals surface area contributed by atoms with E-state index in [4.69, 9.17) is 9.47 Å². The Balaban J connectivity index is 1.63. The number of nitrogens with zero attached hydrogens (tertiary/aromatic N) is 2. The lowest BCUT2D eigenvalue weighted by Crippen LogP contribution is -2.21. The minimum absolute atomic E-state index is 0.00465. The van der Waals surface area contributed by atoms with Gasteiger partial charge in [-0.2, -0.15) is 0 Å². The van der Waals surface area contributed by atoms with E-state index in [-0.39, 0.29) is 25.2 Å². The van der Waals surface area contributed by atoms with Gasteiger partial charge >= 0.3 is 11.9 Å². The van der Waals surface area contributed by atoms with Crippen LogP contribution in [0, 0.1) is 6.92 Å². The number of nitrogens with one attached hydrogen (secondary N) is 2. The fourth-order valence-electron chi connectivity index (χ4n) is 2.42. The molecule has 0 saturated carbocycles. The zero-order valence-electron chi connectivity index (χ0n) is 18.0. The van der Waals surface area contributed by atoms with Crippen molar-refractivity contribution in [3.63, 3.8) is 0 Å². The summed E-state index contributed by atoms with van der Waals surface area (Å²) >= 11 is 1.26. The van der Waals surface area contributed by atoms with Crippen molar-refractivity contribution in [2.75, 3.05) is 23.8 Å². The van der Waals surface area contributed by atoms with Gasteiger partial charge < -0.3 is 20.1 Å². The maximum Gasteiger partial charge on any atom is 0.338 e. The van der Waals surface area contributed by atoms with Gasteiger partial charge in [-0.05, 0) is 44.0 Å². The smallest absolute Gasteiger partial charge is 0.338 e. The third kappa shape index (κ3) is 9.21. The van der Waals surface area contributed by atoms with Gasteiger partial charge in [0.05, 0.1) is 12.2 Å². The summed E-state index contributed by atoms with van der Waals surface area (Å²) in [4.78, 5) is 47.3. The number of rotatable bonds is 12. The van der Waals surface area contributed by atoms with Crippen molar-refractivity contribution in [2.24, 2.45) is 0 Å². The third-order valence-corrected chi connectivity index (χ3v) is 4.81. The Morgan fingerprint density at radius 1 is 0.938 bits per heavy atom. The molecule has 2 aromatic rings. The third-order valence-electron chi connectivity index (χ3n) is 4.06. The van der Waals surface area contributed by atoms with Gasteiger partial charge in [0.15, 0.2) is 6.61 Å².